The Balaban J connectivity index is 1.62. The van der Waals surface area contributed by atoms with Crippen LogP contribution in [0.15, 0.2) is 82.6 Å². The fourth-order valence-corrected chi connectivity index (χ4v) is 5.83. The Morgan fingerprint density at radius 1 is 0.694 bits per heavy atom. The first kappa shape index (κ1) is 26.0. The molecule has 0 bridgehead atoms. The smallest absolute Gasteiger partial charge is 0.206 e. The standard InChI is InChI=1S/C30H29BrO4S/c1-19-14-23(15-20(2)22(19)4)24-16-21(3)30(25(17-24)18-31)35-27-8-12-29(13-9-27)36(32,33)28-10-6-26(34-5)7-11-28/h6-17H,18H2,1-5H3. The predicted octanol–water partition coefficient (Wildman–Crippen LogP) is 8.12. The molecule has 0 heterocycles. The van der Waals surface area contributed by atoms with E-state index in [2.05, 4.69) is 61.0 Å². The third-order valence-corrected chi connectivity index (χ3v) is 8.87. The zero-order valence-corrected chi connectivity index (χ0v) is 23.5. The van der Waals surface area contributed by atoms with E-state index in [-0.39, 0.29) is 9.79 Å². The molecule has 0 spiro atoms. The molecule has 0 unspecified atom stereocenters. The molecule has 0 atom stereocenters. The van der Waals surface area contributed by atoms with E-state index in [4.69, 9.17) is 9.47 Å². The first-order valence-electron chi connectivity index (χ1n) is 11.6. The number of sulfone groups is 1. The number of ether oxygens (including phenoxy) is 2. The molecule has 0 aliphatic rings. The van der Waals surface area contributed by atoms with Gasteiger partial charge in [-0.3, -0.25) is 0 Å². The zero-order valence-electron chi connectivity index (χ0n) is 21.1. The van der Waals surface area contributed by atoms with Crippen LogP contribution in [0.5, 0.6) is 17.2 Å². The largest absolute Gasteiger partial charge is 0.497 e. The second kappa shape index (κ2) is 10.5. The Labute approximate surface area is 222 Å². The maximum atomic E-state index is 13.0. The summed E-state index contributed by atoms with van der Waals surface area (Å²) in [6.07, 6.45) is 0. The zero-order chi connectivity index (χ0) is 26.0. The number of hydrogen-bond acceptors (Lipinski definition) is 4. The number of hydrogen-bond donors (Lipinski definition) is 0. The molecule has 36 heavy (non-hydrogen) atoms. The van der Waals surface area contributed by atoms with E-state index < -0.39 is 9.84 Å². The second-order valence-electron chi connectivity index (χ2n) is 8.90. The highest BCUT2D eigenvalue weighted by Gasteiger charge is 2.18. The lowest BCUT2D eigenvalue weighted by Crippen LogP contribution is -2.02. The van der Waals surface area contributed by atoms with Gasteiger partial charge in [0.2, 0.25) is 9.84 Å². The number of methoxy groups -OCH3 is 1. The highest BCUT2D eigenvalue weighted by atomic mass is 79.9. The molecule has 0 radical (unpaired) electrons. The highest BCUT2D eigenvalue weighted by molar-refractivity contribution is 9.08. The molecular weight excluding hydrogens is 536 g/mol. The SMILES string of the molecule is COc1ccc(S(=O)(=O)c2ccc(Oc3c(C)cc(-c4cc(C)c(C)c(C)c4)cc3CBr)cc2)cc1. The summed E-state index contributed by atoms with van der Waals surface area (Å²) in [5.41, 5.74) is 8.21. The molecule has 0 aromatic heterocycles. The van der Waals surface area contributed by atoms with Gasteiger partial charge in [0.05, 0.1) is 16.9 Å². The average Bonchev–Trinajstić information content (AvgIpc) is 2.88. The van der Waals surface area contributed by atoms with Crippen LogP contribution in [0.4, 0.5) is 0 Å². The molecular formula is C30H29BrO4S. The first-order valence-corrected chi connectivity index (χ1v) is 14.2. The third kappa shape index (κ3) is 5.20. The van der Waals surface area contributed by atoms with E-state index in [1.807, 2.05) is 6.92 Å². The van der Waals surface area contributed by atoms with Crippen molar-refractivity contribution in [3.63, 3.8) is 0 Å². The van der Waals surface area contributed by atoms with Crippen molar-refractivity contribution in [2.24, 2.45) is 0 Å². The summed E-state index contributed by atoms with van der Waals surface area (Å²) in [5, 5.41) is 0.630. The van der Waals surface area contributed by atoms with E-state index in [0.717, 1.165) is 22.4 Å². The normalized spacial score (nSPS) is 11.4. The van der Waals surface area contributed by atoms with Crippen LogP contribution in [0.3, 0.4) is 0 Å². The Hall–Kier alpha value is -3.09. The van der Waals surface area contributed by atoms with E-state index in [1.54, 1.807) is 55.6 Å². The lowest BCUT2D eigenvalue weighted by molar-refractivity contribution is 0.414. The minimum Gasteiger partial charge on any atom is -0.497 e. The van der Waals surface area contributed by atoms with E-state index in [0.29, 0.717) is 16.8 Å². The van der Waals surface area contributed by atoms with Gasteiger partial charge in [0, 0.05) is 10.9 Å². The van der Waals surface area contributed by atoms with Crippen molar-refractivity contribution in [2.75, 3.05) is 7.11 Å². The van der Waals surface area contributed by atoms with E-state index >= 15 is 0 Å². The Morgan fingerprint density at radius 2 is 1.17 bits per heavy atom. The molecule has 4 aromatic rings. The van der Waals surface area contributed by atoms with Crippen molar-refractivity contribution in [2.45, 2.75) is 42.8 Å². The predicted molar refractivity (Wildman–Crippen MR) is 148 cm³/mol. The second-order valence-corrected chi connectivity index (χ2v) is 11.4. The lowest BCUT2D eigenvalue weighted by Gasteiger charge is -2.16. The Morgan fingerprint density at radius 3 is 1.67 bits per heavy atom. The summed E-state index contributed by atoms with van der Waals surface area (Å²) in [7, 11) is -2.10. The van der Waals surface area contributed by atoms with Crippen LogP contribution in [-0.4, -0.2) is 15.5 Å². The van der Waals surface area contributed by atoms with Crippen molar-refractivity contribution in [3.05, 3.63) is 101 Å². The van der Waals surface area contributed by atoms with E-state index in [1.165, 1.54) is 22.3 Å². The highest BCUT2D eigenvalue weighted by Crippen LogP contribution is 2.36. The quantitative estimate of drug-likeness (QED) is 0.213. The van der Waals surface area contributed by atoms with Gasteiger partial charge in [-0.2, -0.15) is 0 Å². The first-order chi connectivity index (χ1) is 17.1. The van der Waals surface area contributed by atoms with Gasteiger partial charge < -0.3 is 9.47 Å². The fourth-order valence-electron chi connectivity index (χ4n) is 4.16. The maximum absolute atomic E-state index is 13.0. The lowest BCUT2D eigenvalue weighted by atomic mass is 9.94. The number of rotatable bonds is 7. The van der Waals surface area contributed by atoms with Crippen molar-refractivity contribution < 1.29 is 17.9 Å². The third-order valence-electron chi connectivity index (χ3n) is 6.48. The van der Waals surface area contributed by atoms with Crippen LogP contribution in [0.25, 0.3) is 11.1 Å². The monoisotopic (exact) mass is 564 g/mol. The molecule has 0 aliphatic heterocycles. The van der Waals surface area contributed by atoms with Gasteiger partial charge in [0.1, 0.15) is 17.2 Å². The Bertz CT molecular complexity index is 1480. The van der Waals surface area contributed by atoms with Gasteiger partial charge in [-0.15, -0.1) is 0 Å². The molecule has 0 N–H and O–H groups in total. The molecule has 0 amide bonds. The number of alkyl halides is 1. The van der Waals surface area contributed by atoms with Crippen LogP contribution in [0, 0.1) is 27.7 Å². The summed E-state index contributed by atoms with van der Waals surface area (Å²) >= 11 is 3.61. The van der Waals surface area contributed by atoms with Crippen molar-refractivity contribution in [1.82, 2.24) is 0 Å². The molecule has 0 saturated heterocycles. The summed E-state index contributed by atoms with van der Waals surface area (Å²) < 4.78 is 37.4. The summed E-state index contributed by atoms with van der Waals surface area (Å²) in [6.45, 7) is 8.45. The maximum Gasteiger partial charge on any atom is 0.206 e. The number of aryl methyl sites for hydroxylation is 3. The molecule has 0 saturated carbocycles. The summed E-state index contributed by atoms with van der Waals surface area (Å²) in [6, 6.07) is 21.6. The fraction of sp³-hybridized carbons (Fsp3) is 0.200. The van der Waals surface area contributed by atoms with Gasteiger partial charge >= 0.3 is 0 Å². The molecule has 4 rings (SSSR count). The number of benzene rings is 4. The minimum absolute atomic E-state index is 0.206. The summed E-state index contributed by atoms with van der Waals surface area (Å²) in [4.78, 5) is 0.421. The number of halogens is 1. The molecule has 6 heteroatoms. The molecule has 0 aliphatic carbocycles. The van der Waals surface area contributed by atoms with Crippen LogP contribution in [0.1, 0.15) is 27.8 Å². The van der Waals surface area contributed by atoms with Crippen molar-refractivity contribution >= 4 is 25.8 Å². The van der Waals surface area contributed by atoms with Crippen molar-refractivity contribution in [1.29, 1.82) is 0 Å². The van der Waals surface area contributed by atoms with Gasteiger partial charge in [-0.1, -0.05) is 28.1 Å². The van der Waals surface area contributed by atoms with Crippen LogP contribution in [0.2, 0.25) is 0 Å². The molecule has 4 aromatic carbocycles. The van der Waals surface area contributed by atoms with Crippen LogP contribution < -0.4 is 9.47 Å². The van der Waals surface area contributed by atoms with Gasteiger partial charge in [-0.05, 0) is 122 Å². The van der Waals surface area contributed by atoms with Gasteiger partial charge in [0.25, 0.3) is 0 Å². The minimum atomic E-state index is -3.64. The van der Waals surface area contributed by atoms with Gasteiger partial charge in [-0.25, -0.2) is 8.42 Å². The molecule has 4 nitrogen and oxygen atoms in total. The summed E-state index contributed by atoms with van der Waals surface area (Å²) in [5.74, 6) is 1.94. The Kier molecular flexibility index (Phi) is 7.57. The van der Waals surface area contributed by atoms with Gasteiger partial charge in [0.15, 0.2) is 0 Å². The van der Waals surface area contributed by atoms with E-state index in [9.17, 15) is 8.42 Å². The molecule has 0 fully saturated rings. The van der Waals surface area contributed by atoms with Crippen LogP contribution in [-0.2, 0) is 15.2 Å². The van der Waals surface area contributed by atoms with Crippen LogP contribution >= 0.6 is 15.9 Å². The topological polar surface area (TPSA) is 52.6 Å². The molecule has 186 valence electrons. The average molecular weight is 566 g/mol. The van der Waals surface area contributed by atoms with Crippen molar-refractivity contribution in [3.8, 4) is 28.4 Å².